The van der Waals surface area contributed by atoms with Gasteiger partial charge in [-0.3, -0.25) is 9.59 Å². The summed E-state index contributed by atoms with van der Waals surface area (Å²) in [6.07, 6.45) is 3.31. The predicted molar refractivity (Wildman–Crippen MR) is 126 cm³/mol. The van der Waals surface area contributed by atoms with Gasteiger partial charge in [0.2, 0.25) is 17.7 Å². The standard InChI is InChI=1S/C24H31N3O5S/c1-30-19-15-20(31-2)27-22(26-19)21(16-9-5-4-6-10-16)33-14-13-25-23(28)17-11-7-8-12-18(17)24(29)32-3/h4-6,9-10,15,17-18,21H,7-8,11-14H2,1-3H3,(H,25,28). The molecule has 1 saturated carbocycles. The zero-order valence-corrected chi connectivity index (χ0v) is 20.1. The molecule has 178 valence electrons. The molecule has 0 saturated heterocycles. The highest BCUT2D eigenvalue weighted by Gasteiger charge is 2.36. The fourth-order valence-corrected chi connectivity index (χ4v) is 5.11. The van der Waals surface area contributed by atoms with Crippen molar-refractivity contribution in [3.05, 3.63) is 47.8 Å². The van der Waals surface area contributed by atoms with Gasteiger partial charge < -0.3 is 19.5 Å². The summed E-state index contributed by atoms with van der Waals surface area (Å²) in [5, 5.41) is 2.84. The molecule has 8 nitrogen and oxygen atoms in total. The van der Waals surface area contributed by atoms with Crippen LogP contribution in [0, 0.1) is 11.8 Å². The zero-order chi connectivity index (χ0) is 23.6. The molecular weight excluding hydrogens is 442 g/mol. The predicted octanol–water partition coefficient (Wildman–Crippen LogP) is 3.41. The number of ether oxygens (including phenoxy) is 3. The molecule has 1 fully saturated rings. The molecule has 1 aliphatic rings. The van der Waals surface area contributed by atoms with E-state index in [0.29, 0.717) is 42.7 Å². The molecule has 9 heteroatoms. The first-order valence-electron chi connectivity index (χ1n) is 11.1. The Morgan fingerprint density at radius 3 is 2.27 bits per heavy atom. The maximum atomic E-state index is 12.8. The summed E-state index contributed by atoms with van der Waals surface area (Å²) in [7, 11) is 4.49. The second kappa shape index (κ2) is 12.4. The van der Waals surface area contributed by atoms with Gasteiger partial charge in [-0.25, -0.2) is 0 Å². The van der Waals surface area contributed by atoms with Gasteiger partial charge in [0.05, 0.1) is 44.5 Å². The van der Waals surface area contributed by atoms with Crippen LogP contribution in [-0.2, 0) is 14.3 Å². The Hall–Kier alpha value is -2.81. The maximum Gasteiger partial charge on any atom is 0.309 e. The van der Waals surface area contributed by atoms with Crippen molar-refractivity contribution in [3.63, 3.8) is 0 Å². The van der Waals surface area contributed by atoms with Crippen LogP contribution in [0.4, 0.5) is 0 Å². The average molecular weight is 474 g/mol. The number of hydrogen-bond acceptors (Lipinski definition) is 8. The van der Waals surface area contributed by atoms with Crippen molar-refractivity contribution in [2.45, 2.75) is 30.9 Å². The van der Waals surface area contributed by atoms with Crippen molar-refractivity contribution in [2.75, 3.05) is 33.6 Å². The fourth-order valence-electron chi connectivity index (χ4n) is 4.06. The molecule has 3 unspecified atom stereocenters. The van der Waals surface area contributed by atoms with Crippen LogP contribution in [0.3, 0.4) is 0 Å². The van der Waals surface area contributed by atoms with E-state index in [9.17, 15) is 9.59 Å². The van der Waals surface area contributed by atoms with Crippen molar-refractivity contribution in [2.24, 2.45) is 11.8 Å². The first-order valence-corrected chi connectivity index (χ1v) is 12.1. The van der Waals surface area contributed by atoms with Crippen molar-refractivity contribution >= 4 is 23.6 Å². The van der Waals surface area contributed by atoms with Gasteiger partial charge in [-0.15, -0.1) is 11.8 Å². The van der Waals surface area contributed by atoms with E-state index in [1.54, 1.807) is 32.0 Å². The minimum atomic E-state index is -0.355. The van der Waals surface area contributed by atoms with Gasteiger partial charge >= 0.3 is 5.97 Å². The molecule has 1 heterocycles. The van der Waals surface area contributed by atoms with Crippen LogP contribution >= 0.6 is 11.8 Å². The Kier molecular flexibility index (Phi) is 9.35. The molecular formula is C24H31N3O5S. The summed E-state index contributed by atoms with van der Waals surface area (Å²) in [4.78, 5) is 33.9. The Morgan fingerprint density at radius 1 is 1.03 bits per heavy atom. The molecule has 0 bridgehead atoms. The van der Waals surface area contributed by atoms with Gasteiger partial charge in [-0.05, 0) is 18.4 Å². The van der Waals surface area contributed by atoms with Crippen molar-refractivity contribution in [1.82, 2.24) is 15.3 Å². The van der Waals surface area contributed by atoms with E-state index in [-0.39, 0.29) is 29.0 Å². The van der Waals surface area contributed by atoms with Crippen LogP contribution in [0.25, 0.3) is 0 Å². The van der Waals surface area contributed by atoms with E-state index < -0.39 is 0 Å². The summed E-state index contributed by atoms with van der Waals surface area (Å²) in [6.45, 7) is 0.471. The molecule has 1 aliphatic carbocycles. The summed E-state index contributed by atoms with van der Waals surface area (Å²) < 4.78 is 15.5. The number of methoxy groups -OCH3 is 3. The highest BCUT2D eigenvalue weighted by molar-refractivity contribution is 7.99. The SMILES string of the molecule is COC(=O)C1CCCCC1C(=O)NCCSC(c1ccccc1)c1nc(OC)cc(OC)n1. The lowest BCUT2D eigenvalue weighted by molar-refractivity contribution is -0.152. The summed E-state index contributed by atoms with van der Waals surface area (Å²) in [6, 6.07) is 11.6. The molecule has 3 atom stereocenters. The maximum absolute atomic E-state index is 12.8. The molecule has 1 aromatic carbocycles. The van der Waals surface area contributed by atoms with E-state index in [1.807, 2.05) is 30.3 Å². The van der Waals surface area contributed by atoms with Crippen molar-refractivity contribution in [3.8, 4) is 11.8 Å². The van der Waals surface area contributed by atoms with E-state index >= 15 is 0 Å². The molecule has 2 aromatic rings. The van der Waals surface area contributed by atoms with Gasteiger partial charge in [0.25, 0.3) is 0 Å². The number of aromatic nitrogens is 2. The lowest BCUT2D eigenvalue weighted by Crippen LogP contribution is -2.40. The Morgan fingerprint density at radius 2 is 1.67 bits per heavy atom. The van der Waals surface area contributed by atoms with E-state index in [1.165, 1.54) is 7.11 Å². The monoisotopic (exact) mass is 473 g/mol. The number of nitrogens with zero attached hydrogens (tertiary/aromatic N) is 2. The highest BCUT2D eigenvalue weighted by atomic mass is 32.2. The third-order valence-electron chi connectivity index (χ3n) is 5.74. The molecule has 3 rings (SSSR count). The Balaban J connectivity index is 1.66. The average Bonchev–Trinajstić information content (AvgIpc) is 2.88. The lowest BCUT2D eigenvalue weighted by Gasteiger charge is -2.28. The molecule has 0 spiro atoms. The van der Waals surface area contributed by atoms with Crippen LogP contribution in [0.15, 0.2) is 36.4 Å². The largest absolute Gasteiger partial charge is 0.481 e. The molecule has 1 amide bonds. The van der Waals surface area contributed by atoms with Crippen LogP contribution in [-0.4, -0.2) is 55.5 Å². The van der Waals surface area contributed by atoms with Crippen LogP contribution in [0.1, 0.15) is 42.3 Å². The Bertz CT molecular complexity index is 905. The van der Waals surface area contributed by atoms with Gasteiger partial charge in [-0.1, -0.05) is 43.2 Å². The lowest BCUT2D eigenvalue weighted by atomic mass is 9.78. The summed E-state index contributed by atoms with van der Waals surface area (Å²) in [5.41, 5.74) is 1.04. The number of amides is 1. The fraction of sp³-hybridized carbons (Fsp3) is 0.500. The summed E-state index contributed by atoms with van der Waals surface area (Å²) >= 11 is 1.62. The smallest absolute Gasteiger partial charge is 0.309 e. The number of benzene rings is 1. The van der Waals surface area contributed by atoms with Gasteiger partial charge in [0.1, 0.15) is 0 Å². The minimum absolute atomic E-state index is 0.0822. The first-order chi connectivity index (χ1) is 16.1. The second-order valence-corrected chi connectivity index (χ2v) is 9.00. The summed E-state index contributed by atoms with van der Waals surface area (Å²) in [5.74, 6) is 1.02. The van der Waals surface area contributed by atoms with E-state index in [4.69, 9.17) is 14.2 Å². The zero-order valence-electron chi connectivity index (χ0n) is 19.3. The first kappa shape index (κ1) is 24.8. The Labute approximate surface area is 198 Å². The number of carbonyl (C=O) groups is 2. The van der Waals surface area contributed by atoms with Crippen molar-refractivity contribution < 1.29 is 23.8 Å². The second-order valence-electron chi connectivity index (χ2n) is 7.78. The van der Waals surface area contributed by atoms with Crippen LogP contribution in [0.5, 0.6) is 11.8 Å². The molecule has 1 N–H and O–H groups in total. The van der Waals surface area contributed by atoms with Gasteiger partial charge in [-0.2, -0.15) is 9.97 Å². The molecule has 0 radical (unpaired) electrons. The normalized spacial score (nSPS) is 18.8. The van der Waals surface area contributed by atoms with Gasteiger partial charge in [0.15, 0.2) is 5.82 Å². The van der Waals surface area contributed by atoms with Crippen LogP contribution in [0.2, 0.25) is 0 Å². The van der Waals surface area contributed by atoms with E-state index in [2.05, 4.69) is 15.3 Å². The molecule has 1 aromatic heterocycles. The third kappa shape index (κ3) is 6.60. The van der Waals surface area contributed by atoms with Crippen LogP contribution < -0.4 is 14.8 Å². The van der Waals surface area contributed by atoms with Crippen molar-refractivity contribution in [1.29, 1.82) is 0 Å². The molecule has 33 heavy (non-hydrogen) atoms. The molecule has 0 aliphatic heterocycles. The third-order valence-corrected chi connectivity index (χ3v) is 7.00. The highest BCUT2D eigenvalue weighted by Crippen LogP contribution is 2.35. The topological polar surface area (TPSA) is 99.6 Å². The number of esters is 1. The number of hydrogen-bond donors (Lipinski definition) is 1. The number of carbonyl (C=O) groups excluding carboxylic acids is 2. The van der Waals surface area contributed by atoms with Gasteiger partial charge in [0, 0.05) is 12.3 Å². The quantitative estimate of drug-likeness (QED) is 0.414. The number of nitrogens with one attached hydrogen (secondary N) is 1. The van der Waals surface area contributed by atoms with E-state index in [0.717, 1.165) is 18.4 Å². The number of thioether (sulfide) groups is 1. The minimum Gasteiger partial charge on any atom is -0.481 e. The number of rotatable bonds is 10.